The number of hydrogen-bond donors (Lipinski definition) is 0. The van der Waals surface area contributed by atoms with Crippen molar-refractivity contribution in [3.63, 3.8) is 0 Å². The Morgan fingerprint density at radius 2 is 2.18 bits per heavy atom. The molecule has 1 aromatic heterocycles. The molecular weight excluding hydrogens is 210 g/mol. The Kier molecular flexibility index (Phi) is 2.49. The van der Waals surface area contributed by atoms with Crippen LogP contribution in [0.1, 0.15) is 19.9 Å². The molecule has 1 rings (SSSR count). The van der Waals surface area contributed by atoms with Crippen LogP contribution in [0.4, 0.5) is 0 Å². The van der Waals surface area contributed by atoms with Gasteiger partial charge in [-0.25, -0.2) is 4.68 Å². The van der Waals surface area contributed by atoms with Crippen molar-refractivity contribution in [2.75, 3.05) is 7.11 Å². The quantitative estimate of drug-likeness (QED) is 0.760. The van der Waals surface area contributed by atoms with Gasteiger partial charge >= 0.3 is 0 Å². The minimum Gasteiger partial charge on any atom is -0.479 e. The first-order valence-electron chi connectivity index (χ1n) is 3.31. The standard InChI is InChI=1S/C6H10BrN3O/c1-4(2)10-6(11-3)5(7)8-9-10/h4H,1-3H3. The minimum atomic E-state index is 0.267. The van der Waals surface area contributed by atoms with E-state index in [9.17, 15) is 0 Å². The van der Waals surface area contributed by atoms with Crippen molar-refractivity contribution < 1.29 is 4.74 Å². The molecule has 0 unspecified atom stereocenters. The first-order valence-corrected chi connectivity index (χ1v) is 4.10. The van der Waals surface area contributed by atoms with Gasteiger partial charge in [-0.2, -0.15) is 0 Å². The van der Waals surface area contributed by atoms with Crippen molar-refractivity contribution in [1.29, 1.82) is 0 Å². The van der Waals surface area contributed by atoms with E-state index in [0.29, 0.717) is 10.5 Å². The van der Waals surface area contributed by atoms with Crippen LogP contribution in [0.3, 0.4) is 0 Å². The van der Waals surface area contributed by atoms with E-state index in [-0.39, 0.29) is 6.04 Å². The summed E-state index contributed by atoms with van der Waals surface area (Å²) in [6.45, 7) is 4.04. The van der Waals surface area contributed by atoms with Crippen molar-refractivity contribution in [2.24, 2.45) is 0 Å². The highest BCUT2D eigenvalue weighted by Crippen LogP contribution is 2.23. The molecule has 0 amide bonds. The third-order valence-electron chi connectivity index (χ3n) is 1.30. The number of nitrogens with zero attached hydrogens (tertiary/aromatic N) is 3. The fourth-order valence-electron chi connectivity index (χ4n) is 0.781. The molecule has 0 spiro atoms. The maximum Gasteiger partial charge on any atom is 0.247 e. The maximum absolute atomic E-state index is 5.07. The Balaban J connectivity index is 3.05. The van der Waals surface area contributed by atoms with E-state index in [1.165, 1.54) is 0 Å². The zero-order valence-electron chi connectivity index (χ0n) is 6.71. The highest BCUT2D eigenvalue weighted by molar-refractivity contribution is 9.10. The Morgan fingerprint density at radius 3 is 2.55 bits per heavy atom. The SMILES string of the molecule is COc1c(Br)nnn1C(C)C. The molecule has 0 aliphatic heterocycles. The van der Waals surface area contributed by atoms with E-state index < -0.39 is 0 Å². The molecule has 0 atom stereocenters. The van der Waals surface area contributed by atoms with Gasteiger partial charge in [0.05, 0.1) is 13.2 Å². The number of hydrogen-bond acceptors (Lipinski definition) is 3. The lowest BCUT2D eigenvalue weighted by Gasteiger charge is -2.07. The Bertz CT molecular complexity index is 246. The van der Waals surface area contributed by atoms with E-state index in [0.717, 1.165) is 0 Å². The fourth-order valence-corrected chi connectivity index (χ4v) is 1.20. The summed E-state index contributed by atoms with van der Waals surface area (Å²) in [5, 5.41) is 7.69. The number of rotatable bonds is 2. The Morgan fingerprint density at radius 1 is 1.55 bits per heavy atom. The third kappa shape index (κ3) is 1.53. The van der Waals surface area contributed by atoms with E-state index in [1.54, 1.807) is 11.8 Å². The summed E-state index contributed by atoms with van der Waals surface area (Å²) in [5.41, 5.74) is 0. The van der Waals surface area contributed by atoms with Crippen LogP contribution in [0.2, 0.25) is 0 Å². The molecule has 0 aliphatic carbocycles. The summed E-state index contributed by atoms with van der Waals surface area (Å²) in [7, 11) is 1.60. The lowest BCUT2D eigenvalue weighted by Crippen LogP contribution is -2.05. The second-order valence-corrected chi connectivity index (χ2v) is 3.18. The van der Waals surface area contributed by atoms with E-state index in [4.69, 9.17) is 4.74 Å². The number of ether oxygens (including phenoxy) is 1. The molecule has 0 bridgehead atoms. The van der Waals surface area contributed by atoms with Gasteiger partial charge in [0.2, 0.25) is 5.88 Å². The number of halogens is 1. The highest BCUT2D eigenvalue weighted by atomic mass is 79.9. The zero-order valence-corrected chi connectivity index (χ0v) is 8.29. The van der Waals surface area contributed by atoms with Crippen LogP contribution in [0.15, 0.2) is 4.60 Å². The summed E-state index contributed by atoms with van der Waals surface area (Å²) in [6, 6.07) is 0.267. The van der Waals surface area contributed by atoms with Crippen molar-refractivity contribution >= 4 is 15.9 Å². The molecule has 0 aromatic carbocycles. The van der Waals surface area contributed by atoms with Crippen LogP contribution >= 0.6 is 15.9 Å². The van der Waals surface area contributed by atoms with Crippen LogP contribution in [0, 0.1) is 0 Å². The zero-order chi connectivity index (χ0) is 8.43. The lowest BCUT2D eigenvalue weighted by atomic mass is 10.4. The van der Waals surface area contributed by atoms with Crippen molar-refractivity contribution in [3.05, 3.63) is 4.60 Å². The van der Waals surface area contributed by atoms with Gasteiger partial charge in [-0.3, -0.25) is 0 Å². The van der Waals surface area contributed by atoms with Gasteiger partial charge in [-0.05, 0) is 29.8 Å². The lowest BCUT2D eigenvalue weighted by molar-refractivity contribution is 0.342. The predicted molar refractivity (Wildman–Crippen MR) is 44.7 cm³/mol. The highest BCUT2D eigenvalue weighted by Gasteiger charge is 2.12. The third-order valence-corrected chi connectivity index (χ3v) is 1.79. The normalized spacial score (nSPS) is 10.6. The molecule has 1 heterocycles. The smallest absolute Gasteiger partial charge is 0.247 e. The van der Waals surface area contributed by atoms with Crippen LogP contribution in [-0.2, 0) is 0 Å². The molecule has 0 radical (unpaired) electrons. The van der Waals surface area contributed by atoms with Gasteiger partial charge in [0.25, 0.3) is 0 Å². The first kappa shape index (κ1) is 8.52. The van der Waals surface area contributed by atoms with E-state index in [2.05, 4.69) is 26.2 Å². The van der Waals surface area contributed by atoms with Crippen LogP contribution in [0.5, 0.6) is 5.88 Å². The van der Waals surface area contributed by atoms with Gasteiger partial charge in [-0.1, -0.05) is 5.21 Å². The second-order valence-electron chi connectivity index (χ2n) is 2.43. The Hall–Kier alpha value is -0.580. The molecule has 0 N–H and O–H groups in total. The van der Waals surface area contributed by atoms with Crippen LogP contribution in [0.25, 0.3) is 0 Å². The molecule has 0 fully saturated rings. The summed E-state index contributed by atoms with van der Waals surface area (Å²) >= 11 is 3.23. The maximum atomic E-state index is 5.07. The minimum absolute atomic E-state index is 0.267. The average molecular weight is 220 g/mol. The fraction of sp³-hybridized carbons (Fsp3) is 0.667. The summed E-state index contributed by atoms with van der Waals surface area (Å²) < 4.78 is 7.43. The molecule has 62 valence electrons. The molecule has 1 aromatic rings. The van der Waals surface area contributed by atoms with Gasteiger partial charge in [0.15, 0.2) is 4.60 Å². The molecule has 0 aliphatic rings. The van der Waals surface area contributed by atoms with Crippen molar-refractivity contribution in [3.8, 4) is 5.88 Å². The monoisotopic (exact) mass is 219 g/mol. The second kappa shape index (κ2) is 3.21. The van der Waals surface area contributed by atoms with Crippen molar-refractivity contribution in [2.45, 2.75) is 19.9 Å². The summed E-state index contributed by atoms with van der Waals surface area (Å²) in [5.74, 6) is 0.667. The summed E-state index contributed by atoms with van der Waals surface area (Å²) in [4.78, 5) is 0. The summed E-state index contributed by atoms with van der Waals surface area (Å²) in [6.07, 6.45) is 0. The van der Waals surface area contributed by atoms with E-state index >= 15 is 0 Å². The predicted octanol–water partition coefficient (Wildman–Crippen LogP) is 1.63. The molecule has 0 saturated heterocycles. The molecule has 5 heteroatoms. The van der Waals surface area contributed by atoms with Crippen molar-refractivity contribution in [1.82, 2.24) is 15.0 Å². The van der Waals surface area contributed by atoms with Crippen LogP contribution in [-0.4, -0.2) is 22.1 Å². The first-order chi connectivity index (χ1) is 5.16. The topological polar surface area (TPSA) is 39.9 Å². The molecular formula is C6H10BrN3O. The molecule has 11 heavy (non-hydrogen) atoms. The molecule has 4 nitrogen and oxygen atoms in total. The average Bonchev–Trinajstić information content (AvgIpc) is 2.30. The van der Waals surface area contributed by atoms with Gasteiger partial charge in [-0.15, -0.1) is 5.10 Å². The number of aromatic nitrogens is 3. The van der Waals surface area contributed by atoms with Crippen LogP contribution < -0.4 is 4.74 Å². The Labute approximate surface area is 73.7 Å². The van der Waals surface area contributed by atoms with Gasteiger partial charge in [0.1, 0.15) is 0 Å². The largest absolute Gasteiger partial charge is 0.479 e. The number of methoxy groups -OCH3 is 1. The molecule has 0 saturated carbocycles. The van der Waals surface area contributed by atoms with E-state index in [1.807, 2.05) is 13.8 Å². The van der Waals surface area contributed by atoms with Gasteiger partial charge < -0.3 is 4.74 Å². The van der Waals surface area contributed by atoms with Gasteiger partial charge in [0, 0.05) is 0 Å².